The van der Waals surface area contributed by atoms with Gasteiger partial charge in [-0.25, -0.2) is 4.79 Å². The van der Waals surface area contributed by atoms with Crippen molar-refractivity contribution in [2.45, 2.75) is 13.0 Å². The van der Waals surface area contributed by atoms with E-state index in [1.54, 1.807) is 0 Å². The number of amides is 3. The molecule has 19 heavy (non-hydrogen) atoms. The molecule has 0 radical (unpaired) electrons. The Morgan fingerprint density at radius 1 is 1.42 bits per heavy atom. The molecule has 5 nitrogen and oxygen atoms in total. The van der Waals surface area contributed by atoms with E-state index in [2.05, 4.69) is 5.32 Å². The van der Waals surface area contributed by atoms with Crippen LogP contribution in [0, 0.1) is 0 Å². The van der Waals surface area contributed by atoms with E-state index >= 15 is 0 Å². The van der Waals surface area contributed by atoms with Crippen LogP contribution in [0.2, 0.25) is 0 Å². The molecule has 0 saturated carbocycles. The van der Waals surface area contributed by atoms with E-state index in [1.165, 1.54) is 4.90 Å². The van der Waals surface area contributed by atoms with Crippen LogP contribution in [0.15, 0.2) is 30.3 Å². The van der Waals surface area contributed by atoms with E-state index in [-0.39, 0.29) is 24.5 Å². The molecule has 5 heteroatoms. The van der Waals surface area contributed by atoms with E-state index in [4.69, 9.17) is 0 Å². The Kier molecular flexibility index (Phi) is 4.16. The Morgan fingerprint density at radius 2 is 2.11 bits per heavy atom. The molecule has 0 aliphatic carbocycles. The molecule has 0 bridgehead atoms. The number of urea groups is 1. The second kappa shape index (κ2) is 5.84. The number of carbonyl (C=O) groups excluding carboxylic acids is 2. The molecule has 1 atom stereocenters. The highest BCUT2D eigenvalue weighted by molar-refractivity contribution is 5.96. The van der Waals surface area contributed by atoms with Crippen molar-refractivity contribution in [2.24, 2.45) is 0 Å². The standard InChI is InChI=1S/C14H19N3O2/c1-11(12-6-4-3-5-7-12)16(2)10-13(18)17-9-8-15-14(17)19/h3-7,11H,8-10H2,1-2H3,(H,15,19)/t11-/m0/s1. The molecule has 3 amide bonds. The highest BCUT2D eigenvalue weighted by Crippen LogP contribution is 2.18. The summed E-state index contributed by atoms with van der Waals surface area (Å²) in [6.45, 7) is 3.30. The minimum Gasteiger partial charge on any atom is -0.336 e. The van der Waals surface area contributed by atoms with E-state index in [0.717, 1.165) is 5.56 Å². The van der Waals surface area contributed by atoms with Crippen LogP contribution in [0.1, 0.15) is 18.5 Å². The smallest absolute Gasteiger partial charge is 0.324 e. The summed E-state index contributed by atoms with van der Waals surface area (Å²) in [7, 11) is 1.89. The second-order valence-corrected chi connectivity index (χ2v) is 4.78. The van der Waals surface area contributed by atoms with Crippen molar-refractivity contribution < 1.29 is 9.59 Å². The summed E-state index contributed by atoms with van der Waals surface area (Å²) in [5.41, 5.74) is 1.16. The van der Waals surface area contributed by atoms with Crippen LogP contribution in [-0.2, 0) is 4.79 Å². The maximum absolute atomic E-state index is 12.0. The van der Waals surface area contributed by atoms with Gasteiger partial charge in [-0.2, -0.15) is 0 Å². The van der Waals surface area contributed by atoms with Gasteiger partial charge in [0.1, 0.15) is 0 Å². The van der Waals surface area contributed by atoms with Crippen molar-refractivity contribution in [2.75, 3.05) is 26.7 Å². The van der Waals surface area contributed by atoms with Crippen LogP contribution in [0.3, 0.4) is 0 Å². The molecule has 1 N–H and O–H groups in total. The summed E-state index contributed by atoms with van der Waals surface area (Å²) in [6, 6.07) is 9.85. The summed E-state index contributed by atoms with van der Waals surface area (Å²) >= 11 is 0. The van der Waals surface area contributed by atoms with E-state index in [0.29, 0.717) is 13.1 Å². The number of nitrogens with zero attached hydrogens (tertiary/aromatic N) is 2. The average molecular weight is 261 g/mol. The molecule has 1 heterocycles. The first kappa shape index (κ1) is 13.5. The molecule has 1 fully saturated rings. The molecule has 1 aliphatic rings. The Bertz CT molecular complexity index is 461. The Hall–Kier alpha value is -1.88. The number of benzene rings is 1. The van der Waals surface area contributed by atoms with Gasteiger partial charge in [0.05, 0.1) is 6.54 Å². The third-order valence-electron chi connectivity index (χ3n) is 3.49. The maximum atomic E-state index is 12.0. The van der Waals surface area contributed by atoms with Gasteiger partial charge in [0.2, 0.25) is 5.91 Å². The van der Waals surface area contributed by atoms with Crippen molar-refractivity contribution in [1.29, 1.82) is 0 Å². The number of rotatable bonds is 4. The average Bonchev–Trinajstić information content (AvgIpc) is 2.85. The van der Waals surface area contributed by atoms with Crippen molar-refractivity contribution in [3.63, 3.8) is 0 Å². The van der Waals surface area contributed by atoms with Crippen LogP contribution >= 0.6 is 0 Å². The second-order valence-electron chi connectivity index (χ2n) is 4.78. The highest BCUT2D eigenvalue weighted by atomic mass is 16.2. The first-order valence-corrected chi connectivity index (χ1v) is 6.43. The summed E-state index contributed by atoms with van der Waals surface area (Å²) in [5.74, 6) is -0.153. The van der Waals surface area contributed by atoms with Gasteiger partial charge in [0, 0.05) is 19.1 Å². The fraction of sp³-hybridized carbons (Fsp3) is 0.429. The molecule has 1 aromatic rings. The predicted octanol–water partition coefficient (Wildman–Crippen LogP) is 1.23. The normalized spacial score (nSPS) is 16.6. The number of nitrogens with one attached hydrogen (secondary N) is 1. The van der Waals surface area contributed by atoms with Gasteiger partial charge < -0.3 is 5.32 Å². The minimum atomic E-state index is -0.286. The van der Waals surface area contributed by atoms with Crippen molar-refractivity contribution in [3.8, 4) is 0 Å². The van der Waals surface area contributed by atoms with Gasteiger partial charge in [0.25, 0.3) is 0 Å². The van der Waals surface area contributed by atoms with E-state index < -0.39 is 0 Å². The molecule has 102 valence electrons. The van der Waals surface area contributed by atoms with Gasteiger partial charge in [-0.15, -0.1) is 0 Å². The summed E-state index contributed by atoms with van der Waals surface area (Å²) < 4.78 is 0. The lowest BCUT2D eigenvalue weighted by atomic mass is 10.1. The van der Waals surface area contributed by atoms with Crippen LogP contribution in [-0.4, -0.2) is 48.4 Å². The lowest BCUT2D eigenvalue weighted by Gasteiger charge is -2.25. The lowest BCUT2D eigenvalue weighted by Crippen LogP contribution is -2.41. The number of carbonyl (C=O) groups is 2. The zero-order chi connectivity index (χ0) is 13.8. The summed E-state index contributed by atoms with van der Waals surface area (Å²) in [6.07, 6.45) is 0. The van der Waals surface area contributed by atoms with Crippen LogP contribution in [0.4, 0.5) is 4.79 Å². The third kappa shape index (κ3) is 3.12. The van der Waals surface area contributed by atoms with Crippen molar-refractivity contribution in [3.05, 3.63) is 35.9 Å². The van der Waals surface area contributed by atoms with Gasteiger partial charge >= 0.3 is 6.03 Å². The molecule has 0 spiro atoms. The molecule has 1 aliphatic heterocycles. The summed E-state index contributed by atoms with van der Waals surface area (Å²) in [4.78, 5) is 26.7. The Labute approximate surface area is 113 Å². The van der Waals surface area contributed by atoms with Crippen molar-refractivity contribution in [1.82, 2.24) is 15.1 Å². The fourth-order valence-corrected chi connectivity index (χ4v) is 2.13. The first-order valence-electron chi connectivity index (χ1n) is 6.43. The maximum Gasteiger partial charge on any atom is 0.324 e. The number of hydrogen-bond acceptors (Lipinski definition) is 3. The van der Waals surface area contributed by atoms with E-state index in [1.807, 2.05) is 49.2 Å². The molecule has 1 aromatic carbocycles. The molecule has 0 unspecified atom stereocenters. The molecular weight excluding hydrogens is 242 g/mol. The predicted molar refractivity (Wildman–Crippen MR) is 72.6 cm³/mol. The van der Waals surface area contributed by atoms with Crippen LogP contribution in [0.25, 0.3) is 0 Å². The fourth-order valence-electron chi connectivity index (χ4n) is 2.13. The van der Waals surface area contributed by atoms with E-state index in [9.17, 15) is 9.59 Å². The van der Waals surface area contributed by atoms with Crippen molar-refractivity contribution >= 4 is 11.9 Å². The highest BCUT2D eigenvalue weighted by Gasteiger charge is 2.27. The quantitative estimate of drug-likeness (QED) is 0.887. The zero-order valence-electron chi connectivity index (χ0n) is 11.3. The SMILES string of the molecule is C[C@@H](c1ccccc1)N(C)CC(=O)N1CCNC1=O. The first-order chi connectivity index (χ1) is 9.09. The number of likely N-dealkylation sites (N-methyl/N-ethyl adjacent to an activating group) is 1. The lowest BCUT2D eigenvalue weighted by molar-refractivity contribution is -0.128. The third-order valence-corrected chi connectivity index (χ3v) is 3.49. The van der Waals surface area contributed by atoms with Gasteiger partial charge in [-0.3, -0.25) is 14.6 Å². The molecule has 2 rings (SSSR count). The van der Waals surface area contributed by atoms with Crippen LogP contribution < -0.4 is 5.32 Å². The molecule has 1 saturated heterocycles. The topological polar surface area (TPSA) is 52.7 Å². The zero-order valence-corrected chi connectivity index (χ0v) is 11.3. The van der Waals surface area contributed by atoms with Gasteiger partial charge in [-0.05, 0) is 19.5 Å². The van der Waals surface area contributed by atoms with Crippen LogP contribution in [0.5, 0.6) is 0 Å². The van der Waals surface area contributed by atoms with Gasteiger partial charge in [-0.1, -0.05) is 30.3 Å². The Morgan fingerprint density at radius 3 is 2.68 bits per heavy atom. The minimum absolute atomic E-state index is 0.135. The molecule has 0 aromatic heterocycles. The molecular formula is C14H19N3O2. The Balaban J connectivity index is 1.95. The monoisotopic (exact) mass is 261 g/mol. The van der Waals surface area contributed by atoms with Gasteiger partial charge in [0.15, 0.2) is 0 Å². The largest absolute Gasteiger partial charge is 0.336 e. The number of imide groups is 1. The summed E-state index contributed by atoms with van der Waals surface area (Å²) in [5, 5.41) is 2.63. The number of hydrogen-bond donors (Lipinski definition) is 1.